The number of benzene rings is 1. The highest BCUT2D eigenvalue weighted by Gasteiger charge is 2.02. The largest absolute Gasteiger partial charge is 0.380 e. The van der Waals surface area contributed by atoms with Crippen molar-refractivity contribution in [2.24, 2.45) is 5.73 Å². The molecule has 0 unspecified atom stereocenters. The minimum absolute atomic E-state index is 0.0197. The Balaban J connectivity index is 2.10. The van der Waals surface area contributed by atoms with E-state index in [9.17, 15) is 9.59 Å². The highest BCUT2D eigenvalue weighted by atomic mass is 16.1. The lowest BCUT2D eigenvalue weighted by Gasteiger charge is -2.09. The van der Waals surface area contributed by atoms with Crippen molar-refractivity contribution >= 4 is 11.6 Å². The second-order valence-electron chi connectivity index (χ2n) is 4.46. The summed E-state index contributed by atoms with van der Waals surface area (Å²) in [5, 5.41) is 3.22. The number of primary amides is 1. The van der Waals surface area contributed by atoms with Gasteiger partial charge in [-0.05, 0) is 30.7 Å². The van der Waals surface area contributed by atoms with Crippen LogP contribution >= 0.6 is 0 Å². The van der Waals surface area contributed by atoms with E-state index in [4.69, 9.17) is 5.73 Å². The lowest BCUT2D eigenvalue weighted by Crippen LogP contribution is -2.18. The normalized spacial score (nSPS) is 10.2. The van der Waals surface area contributed by atoms with Crippen LogP contribution in [0.1, 0.15) is 22.8 Å². The third-order valence-corrected chi connectivity index (χ3v) is 3.03. The minimum atomic E-state index is -0.439. The summed E-state index contributed by atoms with van der Waals surface area (Å²) in [6.07, 6.45) is 1.78. The number of pyridine rings is 1. The van der Waals surface area contributed by atoms with E-state index >= 15 is 0 Å². The summed E-state index contributed by atoms with van der Waals surface area (Å²) in [6.45, 7) is 3.11. The Morgan fingerprint density at radius 2 is 2.10 bits per heavy atom. The highest BCUT2D eigenvalue weighted by Crippen LogP contribution is 2.09. The van der Waals surface area contributed by atoms with Gasteiger partial charge in [0.25, 0.3) is 5.56 Å². The Morgan fingerprint density at radius 1 is 1.30 bits per heavy atom. The Morgan fingerprint density at radius 3 is 2.80 bits per heavy atom. The Kier molecular flexibility index (Phi) is 4.20. The summed E-state index contributed by atoms with van der Waals surface area (Å²) in [7, 11) is 0. The van der Waals surface area contributed by atoms with Gasteiger partial charge in [0, 0.05) is 30.9 Å². The van der Waals surface area contributed by atoms with E-state index in [1.807, 2.05) is 13.0 Å². The van der Waals surface area contributed by atoms with Crippen molar-refractivity contribution in [2.75, 3.05) is 5.32 Å². The van der Waals surface area contributed by atoms with Gasteiger partial charge in [-0.2, -0.15) is 0 Å². The monoisotopic (exact) mass is 271 g/mol. The first-order chi connectivity index (χ1) is 9.60. The molecule has 0 saturated heterocycles. The molecule has 0 aliphatic heterocycles. The van der Waals surface area contributed by atoms with Gasteiger partial charge in [-0.3, -0.25) is 9.59 Å². The molecule has 5 nitrogen and oxygen atoms in total. The van der Waals surface area contributed by atoms with Crippen molar-refractivity contribution in [2.45, 2.75) is 20.0 Å². The van der Waals surface area contributed by atoms with Gasteiger partial charge in [0.1, 0.15) is 0 Å². The standard InChI is InChI=1S/C15H17N3O2/c1-2-18-10-13(6-7-14(18)19)17-9-11-4-3-5-12(8-11)15(16)20/h3-8,10,17H,2,9H2,1H3,(H2,16,20). The number of carbonyl (C=O) groups is 1. The number of nitrogens with zero attached hydrogens (tertiary/aromatic N) is 1. The van der Waals surface area contributed by atoms with Gasteiger partial charge in [0.15, 0.2) is 0 Å². The van der Waals surface area contributed by atoms with Crippen molar-refractivity contribution in [3.63, 3.8) is 0 Å². The van der Waals surface area contributed by atoms with Crippen LogP contribution in [0.5, 0.6) is 0 Å². The zero-order chi connectivity index (χ0) is 14.5. The molecule has 0 bridgehead atoms. The summed E-state index contributed by atoms with van der Waals surface area (Å²) >= 11 is 0. The topological polar surface area (TPSA) is 77.1 Å². The number of nitrogens with two attached hydrogens (primary N) is 1. The molecule has 5 heteroatoms. The summed E-state index contributed by atoms with van der Waals surface area (Å²) < 4.78 is 1.63. The molecule has 0 radical (unpaired) electrons. The molecule has 1 aromatic carbocycles. The summed E-state index contributed by atoms with van der Waals surface area (Å²) in [4.78, 5) is 22.6. The van der Waals surface area contributed by atoms with Crippen LogP contribution in [0.25, 0.3) is 0 Å². The van der Waals surface area contributed by atoms with Crippen molar-refractivity contribution in [3.05, 3.63) is 64.1 Å². The molecule has 20 heavy (non-hydrogen) atoms. The third-order valence-electron chi connectivity index (χ3n) is 3.03. The first-order valence-corrected chi connectivity index (χ1v) is 6.43. The fourth-order valence-electron chi connectivity index (χ4n) is 1.92. The fraction of sp³-hybridized carbons (Fsp3) is 0.200. The van der Waals surface area contributed by atoms with Gasteiger partial charge >= 0.3 is 0 Å². The first kappa shape index (κ1) is 13.9. The van der Waals surface area contributed by atoms with Crippen molar-refractivity contribution in [3.8, 4) is 0 Å². The van der Waals surface area contributed by atoms with Gasteiger partial charge in [0.2, 0.25) is 5.91 Å². The molecule has 0 aliphatic carbocycles. The second-order valence-corrected chi connectivity index (χ2v) is 4.46. The van der Waals surface area contributed by atoms with E-state index in [-0.39, 0.29) is 5.56 Å². The number of hydrogen-bond donors (Lipinski definition) is 2. The van der Waals surface area contributed by atoms with Crippen LogP contribution in [-0.2, 0) is 13.1 Å². The zero-order valence-corrected chi connectivity index (χ0v) is 11.3. The number of anilines is 1. The fourth-order valence-corrected chi connectivity index (χ4v) is 1.92. The molecule has 3 N–H and O–H groups in total. The quantitative estimate of drug-likeness (QED) is 0.866. The van der Waals surface area contributed by atoms with Crippen LogP contribution in [0, 0.1) is 0 Å². The SMILES string of the molecule is CCn1cc(NCc2cccc(C(N)=O)c2)ccc1=O. The van der Waals surface area contributed by atoms with E-state index in [1.165, 1.54) is 6.07 Å². The molecule has 0 fully saturated rings. The van der Waals surface area contributed by atoms with Crippen molar-refractivity contribution < 1.29 is 4.79 Å². The molecule has 0 spiro atoms. The first-order valence-electron chi connectivity index (χ1n) is 6.43. The third kappa shape index (κ3) is 3.26. The van der Waals surface area contributed by atoms with Crippen LogP contribution in [0.4, 0.5) is 5.69 Å². The smallest absolute Gasteiger partial charge is 0.250 e. The van der Waals surface area contributed by atoms with Crippen molar-refractivity contribution in [1.29, 1.82) is 0 Å². The molecule has 104 valence electrons. The molecule has 0 atom stereocenters. The maximum atomic E-state index is 11.5. The number of nitrogens with one attached hydrogen (secondary N) is 1. The molecule has 2 rings (SSSR count). The molecule has 1 aromatic heterocycles. The van der Waals surface area contributed by atoms with Gasteiger partial charge < -0.3 is 15.6 Å². The van der Waals surface area contributed by atoms with E-state index in [0.29, 0.717) is 18.7 Å². The molecule has 0 aliphatic rings. The number of carbonyl (C=O) groups excluding carboxylic acids is 1. The maximum absolute atomic E-state index is 11.5. The van der Waals surface area contributed by atoms with Gasteiger partial charge in [-0.25, -0.2) is 0 Å². The molecule has 0 saturated carbocycles. The number of aryl methyl sites for hydroxylation is 1. The molecule has 1 heterocycles. The van der Waals surface area contributed by atoms with Crippen LogP contribution in [0.2, 0.25) is 0 Å². The second kappa shape index (κ2) is 6.06. The molecule has 2 aromatic rings. The maximum Gasteiger partial charge on any atom is 0.250 e. The Labute approximate surface area is 117 Å². The van der Waals surface area contributed by atoms with E-state index in [1.54, 1.807) is 35.0 Å². The lowest BCUT2D eigenvalue weighted by atomic mass is 10.1. The molecular weight excluding hydrogens is 254 g/mol. The zero-order valence-electron chi connectivity index (χ0n) is 11.3. The van der Waals surface area contributed by atoms with E-state index in [0.717, 1.165) is 11.3 Å². The van der Waals surface area contributed by atoms with Gasteiger partial charge in [-0.1, -0.05) is 12.1 Å². The molecular formula is C15H17N3O2. The van der Waals surface area contributed by atoms with E-state index in [2.05, 4.69) is 5.32 Å². The van der Waals surface area contributed by atoms with Crippen LogP contribution in [0.3, 0.4) is 0 Å². The predicted molar refractivity (Wildman–Crippen MR) is 78.7 cm³/mol. The highest BCUT2D eigenvalue weighted by molar-refractivity contribution is 5.92. The molecule has 1 amide bonds. The number of aromatic nitrogens is 1. The van der Waals surface area contributed by atoms with Gasteiger partial charge in [-0.15, -0.1) is 0 Å². The van der Waals surface area contributed by atoms with Crippen LogP contribution in [-0.4, -0.2) is 10.5 Å². The van der Waals surface area contributed by atoms with Crippen LogP contribution < -0.4 is 16.6 Å². The average molecular weight is 271 g/mol. The summed E-state index contributed by atoms with van der Waals surface area (Å²) in [5.74, 6) is -0.439. The number of hydrogen-bond acceptors (Lipinski definition) is 3. The minimum Gasteiger partial charge on any atom is -0.380 e. The van der Waals surface area contributed by atoms with E-state index < -0.39 is 5.91 Å². The Hall–Kier alpha value is -2.56. The predicted octanol–water partition coefficient (Wildman–Crippen LogP) is 1.58. The van der Waals surface area contributed by atoms with Gasteiger partial charge in [0.05, 0.1) is 5.69 Å². The number of amides is 1. The van der Waals surface area contributed by atoms with Crippen LogP contribution in [0.15, 0.2) is 47.4 Å². The van der Waals surface area contributed by atoms with Crippen molar-refractivity contribution in [1.82, 2.24) is 4.57 Å². The summed E-state index contributed by atoms with van der Waals surface area (Å²) in [6, 6.07) is 10.4. The number of rotatable bonds is 5. The average Bonchev–Trinajstić information content (AvgIpc) is 2.46. The summed E-state index contributed by atoms with van der Waals surface area (Å²) in [5.41, 5.74) is 7.53. The Bertz CT molecular complexity index is 677. The lowest BCUT2D eigenvalue weighted by molar-refractivity contribution is 0.1000.